The zero-order valence-electron chi connectivity index (χ0n) is 11.4. The van der Waals surface area contributed by atoms with Crippen LogP contribution in [0, 0.1) is 0 Å². The molecule has 1 aromatic carbocycles. The van der Waals surface area contributed by atoms with Gasteiger partial charge in [0.05, 0.1) is 0 Å². The Balaban J connectivity index is 2.18. The molecule has 1 aliphatic rings. The number of nitrogens with one attached hydrogen (secondary N) is 1. The molecular formula is C14H17Br2F3N2. The van der Waals surface area contributed by atoms with E-state index < -0.39 is 12.6 Å². The van der Waals surface area contributed by atoms with Gasteiger partial charge in [-0.25, -0.2) is 0 Å². The fourth-order valence-electron chi connectivity index (χ4n) is 2.57. The number of hydrogen-bond donors (Lipinski definition) is 1. The molecule has 0 saturated carbocycles. The van der Waals surface area contributed by atoms with Crippen molar-refractivity contribution in [3.8, 4) is 0 Å². The smallest absolute Gasteiger partial charge is 0.314 e. The van der Waals surface area contributed by atoms with Crippen LogP contribution in [-0.2, 0) is 0 Å². The number of hydrogen-bond acceptors (Lipinski definition) is 2. The lowest BCUT2D eigenvalue weighted by molar-refractivity contribution is -0.138. The molecule has 1 atom stereocenters. The van der Waals surface area contributed by atoms with Gasteiger partial charge in [-0.3, -0.25) is 4.90 Å². The molecule has 21 heavy (non-hydrogen) atoms. The van der Waals surface area contributed by atoms with Crippen LogP contribution in [0.5, 0.6) is 0 Å². The maximum atomic E-state index is 12.6. The van der Waals surface area contributed by atoms with Crippen molar-refractivity contribution in [3.63, 3.8) is 0 Å². The van der Waals surface area contributed by atoms with Crippen molar-refractivity contribution >= 4 is 31.9 Å². The molecule has 1 aliphatic heterocycles. The molecule has 7 heteroatoms. The Hall–Kier alpha value is -0.110. The van der Waals surface area contributed by atoms with Gasteiger partial charge in [0.15, 0.2) is 0 Å². The van der Waals surface area contributed by atoms with E-state index in [2.05, 4.69) is 42.1 Å². The average Bonchev–Trinajstić information content (AvgIpc) is 2.43. The van der Waals surface area contributed by atoms with Crippen LogP contribution in [0.25, 0.3) is 0 Å². The van der Waals surface area contributed by atoms with Gasteiger partial charge in [-0.15, -0.1) is 0 Å². The van der Waals surface area contributed by atoms with Crippen molar-refractivity contribution in [3.05, 3.63) is 32.7 Å². The first-order valence-corrected chi connectivity index (χ1v) is 8.42. The standard InChI is InChI=1S/C14H17Br2F3N2/c15-11-2-1-10(9-12(11)16)13(3-4-14(17,18)19)21-7-5-20-6-8-21/h1-2,9,13,20H,3-8H2/t13-/m0/s1. The summed E-state index contributed by atoms with van der Waals surface area (Å²) in [5.74, 6) is 0. The molecule has 0 spiro atoms. The van der Waals surface area contributed by atoms with Crippen LogP contribution in [-0.4, -0.2) is 37.3 Å². The Bertz CT molecular complexity index is 474. The highest BCUT2D eigenvalue weighted by molar-refractivity contribution is 9.13. The molecule has 0 aliphatic carbocycles. The lowest BCUT2D eigenvalue weighted by Gasteiger charge is -2.35. The molecule has 0 bridgehead atoms. The van der Waals surface area contributed by atoms with Crippen LogP contribution < -0.4 is 5.32 Å². The Morgan fingerprint density at radius 1 is 1.14 bits per heavy atom. The van der Waals surface area contributed by atoms with Crippen molar-refractivity contribution in [2.75, 3.05) is 26.2 Å². The molecule has 1 N–H and O–H groups in total. The second-order valence-electron chi connectivity index (χ2n) is 5.13. The SMILES string of the molecule is FC(F)(F)CC[C@@H](c1ccc(Br)c(Br)c1)N1CCNCC1. The van der Waals surface area contributed by atoms with Gasteiger partial charge in [0, 0.05) is 47.6 Å². The van der Waals surface area contributed by atoms with Gasteiger partial charge < -0.3 is 5.32 Å². The predicted octanol–water partition coefficient (Wildman–Crippen LogP) is 4.50. The third-order valence-electron chi connectivity index (χ3n) is 3.62. The van der Waals surface area contributed by atoms with Crippen molar-refractivity contribution in [2.45, 2.75) is 25.1 Å². The van der Waals surface area contributed by atoms with E-state index in [1.165, 1.54) is 0 Å². The summed E-state index contributed by atoms with van der Waals surface area (Å²) in [5, 5.41) is 3.23. The number of benzene rings is 1. The van der Waals surface area contributed by atoms with Gasteiger partial charge in [0.1, 0.15) is 0 Å². The lowest BCUT2D eigenvalue weighted by atomic mass is 9.99. The van der Waals surface area contributed by atoms with Crippen LogP contribution >= 0.6 is 31.9 Å². The summed E-state index contributed by atoms with van der Waals surface area (Å²) in [6, 6.07) is 5.49. The Labute approximate surface area is 139 Å². The summed E-state index contributed by atoms with van der Waals surface area (Å²) < 4.78 is 39.6. The molecule has 1 heterocycles. The maximum absolute atomic E-state index is 12.6. The van der Waals surface area contributed by atoms with Crippen LogP contribution in [0.3, 0.4) is 0 Å². The summed E-state index contributed by atoms with van der Waals surface area (Å²) in [4.78, 5) is 2.14. The van der Waals surface area contributed by atoms with Crippen LogP contribution in [0.1, 0.15) is 24.4 Å². The maximum Gasteiger partial charge on any atom is 0.389 e. The third kappa shape index (κ3) is 5.23. The van der Waals surface area contributed by atoms with Gasteiger partial charge in [0.25, 0.3) is 0 Å². The van der Waals surface area contributed by atoms with Crippen LogP contribution in [0.2, 0.25) is 0 Å². The Kier molecular flexibility index (Phi) is 6.11. The van der Waals surface area contributed by atoms with Gasteiger partial charge in [-0.2, -0.15) is 13.2 Å². The van der Waals surface area contributed by atoms with Gasteiger partial charge in [0.2, 0.25) is 0 Å². The molecule has 0 unspecified atom stereocenters. The third-order valence-corrected chi connectivity index (χ3v) is 5.50. The summed E-state index contributed by atoms with van der Waals surface area (Å²) in [6.07, 6.45) is -4.77. The van der Waals surface area contributed by atoms with E-state index in [4.69, 9.17) is 0 Å². The molecule has 118 valence electrons. The fraction of sp³-hybridized carbons (Fsp3) is 0.571. The number of rotatable bonds is 4. The molecule has 2 rings (SSSR count). The quantitative estimate of drug-likeness (QED) is 0.757. The minimum atomic E-state index is -4.11. The average molecular weight is 430 g/mol. The highest BCUT2D eigenvalue weighted by Gasteiger charge is 2.31. The van der Waals surface area contributed by atoms with E-state index in [0.29, 0.717) is 0 Å². The van der Waals surface area contributed by atoms with Crippen molar-refractivity contribution < 1.29 is 13.2 Å². The highest BCUT2D eigenvalue weighted by atomic mass is 79.9. The summed E-state index contributed by atoms with van der Waals surface area (Å²) in [7, 11) is 0. The Morgan fingerprint density at radius 2 is 1.81 bits per heavy atom. The number of alkyl halides is 3. The minimum absolute atomic E-state index is 0.0948. The zero-order chi connectivity index (χ0) is 15.5. The predicted molar refractivity (Wildman–Crippen MR) is 84.3 cm³/mol. The van der Waals surface area contributed by atoms with E-state index in [9.17, 15) is 13.2 Å². The molecule has 1 fully saturated rings. The van der Waals surface area contributed by atoms with Crippen molar-refractivity contribution in [2.24, 2.45) is 0 Å². The van der Waals surface area contributed by atoms with E-state index in [-0.39, 0.29) is 12.5 Å². The zero-order valence-corrected chi connectivity index (χ0v) is 14.6. The van der Waals surface area contributed by atoms with Gasteiger partial charge in [-0.05, 0) is 56.0 Å². The molecule has 1 saturated heterocycles. The Morgan fingerprint density at radius 3 is 2.38 bits per heavy atom. The molecule has 1 aromatic rings. The molecule has 0 aromatic heterocycles. The van der Waals surface area contributed by atoms with E-state index in [1.807, 2.05) is 18.2 Å². The fourth-order valence-corrected chi connectivity index (χ4v) is 3.22. The number of piperazine rings is 1. The lowest BCUT2D eigenvalue weighted by Crippen LogP contribution is -2.45. The van der Waals surface area contributed by atoms with Crippen LogP contribution in [0.4, 0.5) is 13.2 Å². The topological polar surface area (TPSA) is 15.3 Å². The van der Waals surface area contributed by atoms with Crippen molar-refractivity contribution in [1.29, 1.82) is 0 Å². The van der Waals surface area contributed by atoms with E-state index in [0.717, 1.165) is 40.7 Å². The largest absolute Gasteiger partial charge is 0.389 e. The monoisotopic (exact) mass is 428 g/mol. The van der Waals surface area contributed by atoms with E-state index in [1.54, 1.807) is 0 Å². The first kappa shape index (κ1) is 17.2. The highest BCUT2D eigenvalue weighted by Crippen LogP contribution is 2.34. The minimum Gasteiger partial charge on any atom is -0.314 e. The van der Waals surface area contributed by atoms with Crippen molar-refractivity contribution in [1.82, 2.24) is 10.2 Å². The number of halogens is 5. The summed E-state index contributed by atoms with van der Waals surface area (Å²) >= 11 is 6.82. The number of nitrogens with zero attached hydrogens (tertiary/aromatic N) is 1. The summed E-state index contributed by atoms with van der Waals surface area (Å²) in [5.41, 5.74) is 0.927. The molecule has 2 nitrogen and oxygen atoms in total. The van der Waals surface area contributed by atoms with Crippen LogP contribution in [0.15, 0.2) is 27.1 Å². The summed E-state index contributed by atoms with van der Waals surface area (Å²) in [6.45, 7) is 3.19. The molecule has 0 radical (unpaired) electrons. The second kappa shape index (κ2) is 7.44. The molecular weight excluding hydrogens is 413 g/mol. The molecule has 0 amide bonds. The second-order valence-corrected chi connectivity index (χ2v) is 6.84. The van der Waals surface area contributed by atoms with Gasteiger partial charge >= 0.3 is 6.18 Å². The first-order chi connectivity index (χ1) is 9.87. The first-order valence-electron chi connectivity index (χ1n) is 6.83. The normalized spacial score (nSPS) is 18.7. The van der Waals surface area contributed by atoms with E-state index >= 15 is 0 Å². The van der Waals surface area contributed by atoms with Gasteiger partial charge in [-0.1, -0.05) is 6.07 Å².